The van der Waals surface area contributed by atoms with Gasteiger partial charge in [-0.25, -0.2) is 8.42 Å². The molecule has 1 aliphatic rings. The molecule has 1 fully saturated rings. The molecule has 1 aromatic rings. The minimum atomic E-state index is -3.26. The number of sulfone groups is 1. The second-order valence-electron chi connectivity index (χ2n) is 5.68. The van der Waals surface area contributed by atoms with Gasteiger partial charge in [-0.3, -0.25) is 9.59 Å². The molecule has 2 amide bonds. The van der Waals surface area contributed by atoms with Crippen LogP contribution in [0.1, 0.15) is 30.1 Å². The first-order chi connectivity index (χ1) is 10.8. The summed E-state index contributed by atoms with van der Waals surface area (Å²) < 4.78 is 22.9. The summed E-state index contributed by atoms with van der Waals surface area (Å²) >= 11 is 0. The van der Waals surface area contributed by atoms with Crippen molar-refractivity contribution in [2.75, 3.05) is 32.4 Å². The maximum absolute atomic E-state index is 12.5. The summed E-state index contributed by atoms with van der Waals surface area (Å²) in [6, 6.07) is 5.98. The number of rotatable bonds is 3. The van der Waals surface area contributed by atoms with E-state index in [1.54, 1.807) is 21.9 Å². The Balaban J connectivity index is 2.07. The Morgan fingerprint density at radius 3 is 2.13 bits per heavy atom. The van der Waals surface area contributed by atoms with Gasteiger partial charge in [-0.05, 0) is 30.7 Å². The molecule has 1 aliphatic heterocycles. The normalized spacial score (nSPS) is 16.1. The molecule has 0 atom stereocenters. The lowest BCUT2D eigenvalue weighted by molar-refractivity contribution is -0.130. The summed E-state index contributed by atoms with van der Waals surface area (Å²) in [7, 11) is -3.26. The van der Waals surface area contributed by atoms with Crippen molar-refractivity contribution in [3.8, 4) is 0 Å². The molecule has 1 aromatic carbocycles. The van der Waals surface area contributed by atoms with Gasteiger partial charge >= 0.3 is 0 Å². The summed E-state index contributed by atoms with van der Waals surface area (Å²) in [6.45, 7) is 4.14. The van der Waals surface area contributed by atoms with Crippen molar-refractivity contribution in [1.82, 2.24) is 9.80 Å². The summed E-state index contributed by atoms with van der Waals surface area (Å²) in [5.41, 5.74) is 0.465. The average molecular weight is 338 g/mol. The predicted octanol–water partition coefficient (Wildman–Crippen LogP) is 1.17. The van der Waals surface area contributed by atoms with E-state index in [4.69, 9.17) is 0 Å². The van der Waals surface area contributed by atoms with E-state index in [0.29, 0.717) is 38.2 Å². The highest BCUT2D eigenvalue weighted by Gasteiger charge is 2.22. The Morgan fingerprint density at radius 1 is 1.00 bits per heavy atom. The fourth-order valence-electron chi connectivity index (χ4n) is 2.62. The molecule has 6 nitrogen and oxygen atoms in total. The SMILES string of the molecule is CCC(=O)N1CCCN(C(=O)c2ccc(S(C)(=O)=O)cc2)CC1. The van der Waals surface area contributed by atoms with Gasteiger partial charge in [0.1, 0.15) is 0 Å². The van der Waals surface area contributed by atoms with Crippen molar-refractivity contribution >= 4 is 21.7 Å². The third-order valence-corrected chi connectivity index (χ3v) is 5.10. The van der Waals surface area contributed by atoms with E-state index in [-0.39, 0.29) is 16.7 Å². The van der Waals surface area contributed by atoms with Crippen LogP contribution in [0.15, 0.2) is 29.2 Å². The van der Waals surface area contributed by atoms with Crippen LogP contribution in [0.4, 0.5) is 0 Å². The Bertz CT molecular complexity index is 683. The molecule has 0 aliphatic carbocycles. The number of hydrogen-bond donors (Lipinski definition) is 0. The van der Waals surface area contributed by atoms with E-state index in [1.807, 2.05) is 6.92 Å². The molecule has 7 heteroatoms. The van der Waals surface area contributed by atoms with Gasteiger partial charge in [0.2, 0.25) is 5.91 Å². The lowest BCUT2D eigenvalue weighted by Gasteiger charge is -2.22. The lowest BCUT2D eigenvalue weighted by atomic mass is 10.2. The van der Waals surface area contributed by atoms with Gasteiger partial charge in [-0.2, -0.15) is 0 Å². The largest absolute Gasteiger partial charge is 0.341 e. The van der Waals surface area contributed by atoms with Crippen molar-refractivity contribution in [3.63, 3.8) is 0 Å². The molecule has 126 valence electrons. The molecule has 1 heterocycles. The molecule has 0 unspecified atom stereocenters. The van der Waals surface area contributed by atoms with E-state index in [2.05, 4.69) is 0 Å². The maximum Gasteiger partial charge on any atom is 0.253 e. The third-order valence-electron chi connectivity index (χ3n) is 3.97. The minimum absolute atomic E-state index is 0.108. The van der Waals surface area contributed by atoms with E-state index in [1.165, 1.54) is 12.1 Å². The van der Waals surface area contributed by atoms with Crippen LogP contribution in [0.3, 0.4) is 0 Å². The zero-order chi connectivity index (χ0) is 17.0. The predicted molar refractivity (Wildman–Crippen MR) is 86.9 cm³/mol. The molecule has 2 rings (SSSR count). The second-order valence-corrected chi connectivity index (χ2v) is 7.69. The van der Waals surface area contributed by atoms with Crippen LogP contribution in [-0.2, 0) is 14.6 Å². The van der Waals surface area contributed by atoms with Crippen LogP contribution in [0.5, 0.6) is 0 Å². The van der Waals surface area contributed by atoms with Crippen molar-refractivity contribution in [1.29, 1.82) is 0 Å². The number of benzene rings is 1. The summed E-state index contributed by atoms with van der Waals surface area (Å²) in [5.74, 6) is -0.0207. The van der Waals surface area contributed by atoms with Crippen molar-refractivity contribution in [3.05, 3.63) is 29.8 Å². The monoisotopic (exact) mass is 338 g/mol. The smallest absolute Gasteiger partial charge is 0.253 e. The molecule has 0 radical (unpaired) electrons. The highest BCUT2D eigenvalue weighted by molar-refractivity contribution is 7.90. The van der Waals surface area contributed by atoms with Gasteiger partial charge in [-0.15, -0.1) is 0 Å². The van der Waals surface area contributed by atoms with Gasteiger partial charge in [0.05, 0.1) is 4.90 Å². The Kier molecular flexibility index (Phi) is 5.41. The summed E-state index contributed by atoms with van der Waals surface area (Å²) in [4.78, 5) is 28.0. The molecular weight excluding hydrogens is 316 g/mol. The first-order valence-corrected chi connectivity index (χ1v) is 9.59. The van der Waals surface area contributed by atoms with E-state index in [9.17, 15) is 18.0 Å². The van der Waals surface area contributed by atoms with Crippen LogP contribution < -0.4 is 0 Å². The highest BCUT2D eigenvalue weighted by Crippen LogP contribution is 2.14. The van der Waals surface area contributed by atoms with Crippen molar-refractivity contribution in [2.45, 2.75) is 24.7 Å². The first-order valence-electron chi connectivity index (χ1n) is 7.70. The van der Waals surface area contributed by atoms with Gasteiger partial charge in [0, 0.05) is 44.4 Å². The summed E-state index contributed by atoms with van der Waals surface area (Å²) in [5, 5.41) is 0. The zero-order valence-corrected chi connectivity index (χ0v) is 14.3. The van der Waals surface area contributed by atoms with Gasteiger partial charge in [0.15, 0.2) is 9.84 Å². The van der Waals surface area contributed by atoms with Gasteiger partial charge in [0.25, 0.3) is 5.91 Å². The number of carbonyl (C=O) groups excluding carboxylic acids is 2. The molecule has 1 saturated heterocycles. The van der Waals surface area contributed by atoms with E-state index >= 15 is 0 Å². The number of carbonyl (C=O) groups is 2. The second kappa shape index (κ2) is 7.12. The van der Waals surface area contributed by atoms with Crippen LogP contribution >= 0.6 is 0 Å². The molecular formula is C16H22N2O4S. The first kappa shape index (κ1) is 17.5. The molecule has 0 saturated carbocycles. The van der Waals surface area contributed by atoms with Gasteiger partial charge < -0.3 is 9.80 Å². The molecule has 0 spiro atoms. The van der Waals surface area contributed by atoms with E-state index in [0.717, 1.165) is 12.7 Å². The fraction of sp³-hybridized carbons (Fsp3) is 0.500. The average Bonchev–Trinajstić information content (AvgIpc) is 2.78. The van der Waals surface area contributed by atoms with Crippen LogP contribution in [-0.4, -0.2) is 62.5 Å². The maximum atomic E-state index is 12.5. The van der Waals surface area contributed by atoms with Gasteiger partial charge in [-0.1, -0.05) is 6.92 Å². The van der Waals surface area contributed by atoms with Crippen LogP contribution in [0.2, 0.25) is 0 Å². The quantitative estimate of drug-likeness (QED) is 0.829. The standard InChI is InChI=1S/C16H22N2O4S/c1-3-15(19)17-9-4-10-18(12-11-17)16(20)13-5-7-14(8-6-13)23(2,21)22/h5-8H,3-4,9-12H2,1-2H3. The summed E-state index contributed by atoms with van der Waals surface area (Å²) in [6.07, 6.45) is 2.36. The Morgan fingerprint density at radius 2 is 1.57 bits per heavy atom. The molecule has 0 aromatic heterocycles. The number of amides is 2. The molecule has 0 bridgehead atoms. The minimum Gasteiger partial charge on any atom is -0.341 e. The van der Waals surface area contributed by atoms with Crippen molar-refractivity contribution < 1.29 is 18.0 Å². The topological polar surface area (TPSA) is 74.8 Å². The van der Waals surface area contributed by atoms with E-state index < -0.39 is 9.84 Å². The lowest BCUT2D eigenvalue weighted by Crippen LogP contribution is -2.37. The Labute approximate surface area is 137 Å². The van der Waals surface area contributed by atoms with Crippen LogP contribution in [0, 0.1) is 0 Å². The number of nitrogens with zero attached hydrogens (tertiary/aromatic N) is 2. The van der Waals surface area contributed by atoms with Crippen LogP contribution in [0.25, 0.3) is 0 Å². The Hall–Kier alpha value is -1.89. The van der Waals surface area contributed by atoms with Crippen molar-refractivity contribution in [2.24, 2.45) is 0 Å². The molecule has 23 heavy (non-hydrogen) atoms. The zero-order valence-electron chi connectivity index (χ0n) is 13.5. The fourth-order valence-corrected chi connectivity index (χ4v) is 3.25. The highest BCUT2D eigenvalue weighted by atomic mass is 32.2. The number of hydrogen-bond acceptors (Lipinski definition) is 4. The molecule has 0 N–H and O–H groups in total. The third kappa shape index (κ3) is 4.31.